The Labute approximate surface area is 238 Å². The third kappa shape index (κ3) is 10.1. The zero-order valence-corrected chi connectivity index (χ0v) is 25.0. The summed E-state index contributed by atoms with van der Waals surface area (Å²) in [6.45, 7) is 10.4. The fourth-order valence-corrected chi connectivity index (χ4v) is 4.64. The molecule has 9 nitrogen and oxygen atoms in total. The Balaban J connectivity index is 0.00000391. The van der Waals surface area contributed by atoms with Gasteiger partial charge in [-0.2, -0.15) is 0 Å². The largest absolute Gasteiger partial charge is 0.507 e. The van der Waals surface area contributed by atoms with Gasteiger partial charge in [-0.3, -0.25) is 10.1 Å². The highest BCUT2D eigenvalue weighted by molar-refractivity contribution is 5.69. The van der Waals surface area contributed by atoms with Crippen LogP contribution in [0.2, 0.25) is 0 Å². The fraction of sp³-hybridized carbons (Fsp3) is 0.581. The molecule has 0 aromatic heterocycles. The summed E-state index contributed by atoms with van der Waals surface area (Å²) in [5.41, 5.74) is 3.51. The number of phenolic OH excluding ortho intramolecular Hbond substituents is 2. The number of aliphatic hydroxyl groups is 3. The second-order valence-electron chi connectivity index (χ2n) is 11.6. The number of rotatable bonds is 13. The van der Waals surface area contributed by atoms with E-state index in [0.29, 0.717) is 19.3 Å². The molecule has 2 rings (SSSR count). The summed E-state index contributed by atoms with van der Waals surface area (Å²) in [5, 5.41) is 57.1. The molecule has 40 heavy (non-hydrogen) atoms. The van der Waals surface area contributed by atoms with Crippen LogP contribution < -0.4 is 0 Å². The van der Waals surface area contributed by atoms with E-state index in [4.69, 9.17) is 14.7 Å². The summed E-state index contributed by atoms with van der Waals surface area (Å²) in [4.78, 5) is 17.1. The zero-order valence-electron chi connectivity index (χ0n) is 25.0. The van der Waals surface area contributed by atoms with E-state index in [2.05, 4.69) is 0 Å². The van der Waals surface area contributed by atoms with Crippen LogP contribution in [0.1, 0.15) is 73.4 Å². The lowest BCUT2D eigenvalue weighted by Gasteiger charge is -2.32. The third-order valence-corrected chi connectivity index (χ3v) is 7.11. The van der Waals surface area contributed by atoms with E-state index in [-0.39, 0.29) is 36.4 Å². The van der Waals surface area contributed by atoms with Gasteiger partial charge in [0, 0.05) is 13.5 Å². The van der Waals surface area contributed by atoms with Crippen molar-refractivity contribution in [1.29, 1.82) is 0 Å². The number of hydrogen-bond acceptors (Lipinski definition) is 9. The van der Waals surface area contributed by atoms with Crippen molar-refractivity contribution in [2.24, 2.45) is 5.41 Å². The summed E-state index contributed by atoms with van der Waals surface area (Å²) in [7, 11) is 1.00. The van der Waals surface area contributed by atoms with Gasteiger partial charge in [0.05, 0.1) is 24.7 Å². The molecule has 0 fully saturated rings. The highest BCUT2D eigenvalue weighted by Crippen LogP contribution is 2.35. The van der Waals surface area contributed by atoms with Gasteiger partial charge < -0.3 is 30.3 Å². The maximum Gasteiger partial charge on any atom is 0.306 e. The first kappa shape index (κ1) is 35.3. The molecule has 0 saturated heterocycles. The predicted molar refractivity (Wildman–Crippen MR) is 154 cm³/mol. The van der Waals surface area contributed by atoms with Gasteiger partial charge in [-0.25, -0.2) is 4.89 Å². The fourth-order valence-electron chi connectivity index (χ4n) is 4.64. The van der Waals surface area contributed by atoms with Crippen molar-refractivity contribution in [2.75, 3.05) is 26.9 Å². The Morgan fingerprint density at radius 1 is 0.850 bits per heavy atom. The van der Waals surface area contributed by atoms with Crippen molar-refractivity contribution in [1.82, 2.24) is 0 Å². The first-order chi connectivity index (χ1) is 18.7. The van der Waals surface area contributed by atoms with Gasteiger partial charge in [0.25, 0.3) is 0 Å². The topological polar surface area (TPSA) is 157 Å². The predicted octanol–water partition coefficient (Wildman–Crippen LogP) is 4.26. The Kier molecular flexibility index (Phi) is 14.1. The van der Waals surface area contributed by atoms with Crippen LogP contribution in [0.4, 0.5) is 0 Å². The molecule has 0 aliphatic carbocycles. The number of benzene rings is 2. The number of aliphatic hydroxyl groups excluding tert-OH is 3. The number of carbonyl (C=O) groups is 1. The van der Waals surface area contributed by atoms with Crippen molar-refractivity contribution in [2.45, 2.75) is 85.2 Å². The summed E-state index contributed by atoms with van der Waals surface area (Å²) in [5.74, 6) is 0.0338. The van der Waals surface area contributed by atoms with E-state index in [1.165, 1.54) is 0 Å². The number of phenols is 2. The van der Waals surface area contributed by atoms with Crippen LogP contribution in [0, 0.1) is 26.2 Å². The number of aryl methyl sites for hydroxylation is 5. The first-order valence-corrected chi connectivity index (χ1v) is 13.5. The van der Waals surface area contributed by atoms with Gasteiger partial charge in [-0.05, 0) is 85.3 Å². The lowest BCUT2D eigenvalue weighted by molar-refractivity contribution is -0.288. The van der Waals surface area contributed by atoms with Crippen LogP contribution in [0.3, 0.4) is 0 Å². The first-order valence-electron chi connectivity index (χ1n) is 13.5. The molecule has 0 bridgehead atoms. The van der Waals surface area contributed by atoms with Gasteiger partial charge in [-0.15, -0.1) is 0 Å². The minimum atomic E-state index is -1.18. The molecule has 2 aromatic carbocycles. The molecule has 226 valence electrons. The Hall–Kier alpha value is -2.69. The van der Waals surface area contributed by atoms with Crippen LogP contribution in [0.25, 0.3) is 0 Å². The van der Waals surface area contributed by atoms with Crippen LogP contribution in [-0.4, -0.2) is 69.8 Å². The van der Waals surface area contributed by atoms with Crippen molar-refractivity contribution in [3.63, 3.8) is 0 Å². The second-order valence-corrected chi connectivity index (χ2v) is 11.6. The van der Waals surface area contributed by atoms with E-state index in [1.807, 2.05) is 52.0 Å². The van der Waals surface area contributed by atoms with Crippen molar-refractivity contribution in [3.8, 4) is 11.5 Å². The van der Waals surface area contributed by atoms with Crippen LogP contribution >= 0.6 is 0 Å². The highest BCUT2D eigenvalue weighted by atomic mass is 17.1. The Bertz CT molecular complexity index is 1060. The van der Waals surface area contributed by atoms with Gasteiger partial charge in [0.2, 0.25) is 0 Å². The Morgan fingerprint density at radius 3 is 1.82 bits per heavy atom. The molecule has 6 N–H and O–H groups in total. The van der Waals surface area contributed by atoms with Crippen LogP contribution in [-0.2, 0) is 32.7 Å². The van der Waals surface area contributed by atoms with E-state index < -0.39 is 30.7 Å². The molecule has 2 aromatic rings. The quantitative estimate of drug-likeness (QED) is 0.119. The van der Waals surface area contributed by atoms with Crippen molar-refractivity contribution in [3.05, 3.63) is 57.6 Å². The maximum absolute atomic E-state index is 12.4. The molecule has 0 saturated carbocycles. The summed E-state index contributed by atoms with van der Waals surface area (Å²) in [6.07, 6.45) is 0.809. The highest BCUT2D eigenvalue weighted by Gasteiger charge is 2.35. The second kappa shape index (κ2) is 15.9. The minimum absolute atomic E-state index is 0.0727. The molecular formula is C31H48O9. The van der Waals surface area contributed by atoms with E-state index in [0.717, 1.165) is 40.5 Å². The van der Waals surface area contributed by atoms with E-state index in [1.54, 1.807) is 13.8 Å². The van der Waals surface area contributed by atoms with Gasteiger partial charge >= 0.3 is 5.97 Å². The maximum atomic E-state index is 12.4. The van der Waals surface area contributed by atoms with Gasteiger partial charge in [0.15, 0.2) is 0 Å². The molecule has 0 radical (unpaired) electrons. The molecule has 0 heterocycles. The number of esters is 1. The van der Waals surface area contributed by atoms with Crippen molar-refractivity contribution < 1.29 is 45.2 Å². The monoisotopic (exact) mass is 564 g/mol. The summed E-state index contributed by atoms with van der Waals surface area (Å²) in [6, 6.07) is 7.49. The summed E-state index contributed by atoms with van der Waals surface area (Å²) < 4.78 is 5.41. The molecule has 0 aliphatic heterocycles. The normalized spacial score (nSPS) is 12.5. The van der Waals surface area contributed by atoms with Crippen LogP contribution in [0.15, 0.2) is 24.3 Å². The van der Waals surface area contributed by atoms with E-state index in [9.17, 15) is 30.5 Å². The number of ether oxygens (including phenoxy) is 1. The minimum Gasteiger partial charge on any atom is -0.507 e. The molecule has 1 atom stereocenters. The van der Waals surface area contributed by atoms with Crippen molar-refractivity contribution >= 4 is 5.97 Å². The zero-order chi connectivity index (χ0) is 30.7. The third-order valence-electron chi connectivity index (χ3n) is 7.11. The molecule has 0 aliphatic rings. The average molecular weight is 565 g/mol. The lowest BCUT2D eigenvalue weighted by Crippen LogP contribution is -2.40. The SMILES string of the molecule is CO.Cc1cc(CCC(=O)OCC(CO)(CO)CC(CCc2cc(C)c(O)c(C(C)(C)C)c2)OO)cc(C)c1O. The molecular weight excluding hydrogens is 516 g/mol. The molecule has 0 spiro atoms. The molecule has 9 heteroatoms. The molecule has 0 amide bonds. The Morgan fingerprint density at radius 2 is 1.35 bits per heavy atom. The summed E-state index contributed by atoms with van der Waals surface area (Å²) >= 11 is 0. The molecule has 1 unspecified atom stereocenters. The number of hydrogen-bond donors (Lipinski definition) is 6. The number of aromatic hydroxyl groups is 2. The lowest BCUT2D eigenvalue weighted by atomic mass is 9.82. The van der Waals surface area contributed by atoms with Gasteiger partial charge in [0.1, 0.15) is 18.1 Å². The average Bonchev–Trinajstić information content (AvgIpc) is 2.92. The van der Waals surface area contributed by atoms with Crippen LogP contribution in [0.5, 0.6) is 11.5 Å². The smallest absolute Gasteiger partial charge is 0.306 e. The standard InChI is InChI=1S/C30H44O8.CH4O/c1-19-11-22(12-20(2)27(19)34)8-10-26(33)37-18-30(16-31,17-32)15-24(38-36)9-7-23-13-21(3)28(35)25(14-23)29(4,5)6;1-2/h11-14,24,31-32,34-36H,7-10,15-18H2,1-6H3;2H,1H3. The van der Waals surface area contributed by atoms with E-state index >= 15 is 0 Å². The number of carbonyl (C=O) groups excluding carboxylic acids is 1. The van der Waals surface area contributed by atoms with Gasteiger partial charge in [-0.1, -0.05) is 45.0 Å².